The van der Waals surface area contributed by atoms with Gasteiger partial charge in [-0.05, 0) is 67.8 Å². The first kappa shape index (κ1) is 13.6. The second-order valence-electron chi connectivity index (χ2n) is 4.83. The van der Waals surface area contributed by atoms with Crippen molar-refractivity contribution >= 4 is 0 Å². The van der Waals surface area contributed by atoms with Gasteiger partial charge in [0.15, 0.2) is 0 Å². The van der Waals surface area contributed by atoms with Crippen LogP contribution in [-0.4, -0.2) is 6.04 Å². The van der Waals surface area contributed by atoms with Crippen molar-refractivity contribution in [2.75, 3.05) is 0 Å². The maximum Gasteiger partial charge on any atom is 0.127 e. The topological polar surface area (TPSA) is 35.2 Å². The van der Waals surface area contributed by atoms with Crippen LogP contribution in [0.3, 0.4) is 0 Å². The van der Waals surface area contributed by atoms with Gasteiger partial charge in [0.25, 0.3) is 0 Å². The van der Waals surface area contributed by atoms with Crippen molar-refractivity contribution in [3.05, 3.63) is 59.4 Å². The van der Waals surface area contributed by atoms with Crippen molar-refractivity contribution in [2.45, 2.75) is 26.3 Å². The average molecular weight is 259 g/mol. The predicted octanol–water partition coefficient (Wildman–Crippen LogP) is 3.82. The van der Waals surface area contributed by atoms with E-state index in [-0.39, 0.29) is 11.9 Å². The molecule has 2 N–H and O–H groups in total. The smallest absolute Gasteiger partial charge is 0.127 e. The zero-order chi connectivity index (χ0) is 13.8. The first-order valence-corrected chi connectivity index (χ1v) is 6.33. The lowest BCUT2D eigenvalue weighted by molar-refractivity contribution is 0.480. The highest BCUT2D eigenvalue weighted by Gasteiger charge is 2.04. The van der Waals surface area contributed by atoms with Gasteiger partial charge < -0.3 is 10.5 Å². The molecule has 0 saturated carbocycles. The molecule has 0 aliphatic carbocycles. The molecular formula is C16H18FNO. The monoisotopic (exact) mass is 259 g/mol. The standard InChI is InChI=1S/C16H18FNO/c1-11-9-16(6-3-13(11)10-12(2)18)19-15-7-4-14(17)5-8-15/h3-9,12H,10,18H2,1-2H3. The third-order valence-electron chi connectivity index (χ3n) is 2.91. The fourth-order valence-electron chi connectivity index (χ4n) is 1.95. The molecule has 19 heavy (non-hydrogen) atoms. The summed E-state index contributed by atoms with van der Waals surface area (Å²) in [6.45, 7) is 4.03. The van der Waals surface area contributed by atoms with Gasteiger partial charge in [0, 0.05) is 6.04 Å². The molecule has 1 unspecified atom stereocenters. The molecule has 2 aromatic rings. The van der Waals surface area contributed by atoms with Crippen molar-refractivity contribution < 1.29 is 9.13 Å². The van der Waals surface area contributed by atoms with E-state index >= 15 is 0 Å². The zero-order valence-corrected chi connectivity index (χ0v) is 11.2. The van der Waals surface area contributed by atoms with Crippen LogP contribution in [0.2, 0.25) is 0 Å². The molecule has 0 heterocycles. The summed E-state index contributed by atoms with van der Waals surface area (Å²) >= 11 is 0. The Bertz CT molecular complexity index is 549. The number of nitrogens with two attached hydrogens (primary N) is 1. The van der Waals surface area contributed by atoms with Crippen LogP contribution < -0.4 is 10.5 Å². The van der Waals surface area contributed by atoms with E-state index in [0.717, 1.165) is 17.7 Å². The molecule has 1 atom stereocenters. The van der Waals surface area contributed by atoms with Gasteiger partial charge in [0.05, 0.1) is 0 Å². The molecule has 2 rings (SSSR count). The highest BCUT2D eigenvalue weighted by molar-refractivity contribution is 5.38. The first-order valence-electron chi connectivity index (χ1n) is 6.33. The summed E-state index contributed by atoms with van der Waals surface area (Å²) in [5.74, 6) is 1.11. The number of aryl methyl sites for hydroxylation is 1. The van der Waals surface area contributed by atoms with Crippen molar-refractivity contribution in [3.63, 3.8) is 0 Å². The molecule has 0 aliphatic rings. The molecule has 0 bridgehead atoms. The second-order valence-corrected chi connectivity index (χ2v) is 4.83. The Balaban J connectivity index is 2.13. The Hall–Kier alpha value is -1.87. The Morgan fingerprint density at radius 3 is 2.32 bits per heavy atom. The highest BCUT2D eigenvalue weighted by atomic mass is 19.1. The van der Waals surface area contributed by atoms with Crippen molar-refractivity contribution in [3.8, 4) is 11.5 Å². The fraction of sp³-hybridized carbons (Fsp3) is 0.250. The lowest BCUT2D eigenvalue weighted by atomic mass is 10.0. The minimum absolute atomic E-state index is 0.141. The quantitative estimate of drug-likeness (QED) is 0.906. The van der Waals surface area contributed by atoms with E-state index in [1.54, 1.807) is 12.1 Å². The number of hydrogen-bond donors (Lipinski definition) is 1. The summed E-state index contributed by atoms with van der Waals surface area (Å²) in [6, 6.07) is 12.0. The maximum absolute atomic E-state index is 12.8. The molecule has 3 heteroatoms. The van der Waals surface area contributed by atoms with Crippen LogP contribution in [0.1, 0.15) is 18.1 Å². The Morgan fingerprint density at radius 1 is 1.11 bits per heavy atom. The third kappa shape index (κ3) is 3.80. The summed E-state index contributed by atoms with van der Waals surface area (Å²) in [5, 5.41) is 0. The summed E-state index contributed by atoms with van der Waals surface area (Å²) in [7, 11) is 0. The molecular weight excluding hydrogens is 241 g/mol. The highest BCUT2D eigenvalue weighted by Crippen LogP contribution is 2.24. The summed E-state index contributed by atoms with van der Waals surface area (Å²) in [5.41, 5.74) is 8.18. The summed E-state index contributed by atoms with van der Waals surface area (Å²) < 4.78 is 18.5. The lowest BCUT2D eigenvalue weighted by Crippen LogP contribution is -2.18. The second kappa shape index (κ2) is 5.85. The molecule has 100 valence electrons. The first-order chi connectivity index (χ1) is 9.04. The number of hydrogen-bond acceptors (Lipinski definition) is 2. The van der Waals surface area contributed by atoms with Crippen molar-refractivity contribution in [1.29, 1.82) is 0 Å². The van der Waals surface area contributed by atoms with Gasteiger partial charge in [-0.25, -0.2) is 4.39 Å². The SMILES string of the molecule is Cc1cc(Oc2ccc(F)cc2)ccc1CC(C)N. The molecule has 0 fully saturated rings. The van der Waals surface area contributed by atoms with E-state index in [1.807, 2.05) is 32.0 Å². The molecule has 2 aromatic carbocycles. The van der Waals surface area contributed by atoms with Crippen LogP contribution in [0.4, 0.5) is 4.39 Å². The van der Waals surface area contributed by atoms with Gasteiger partial charge in [-0.3, -0.25) is 0 Å². The van der Waals surface area contributed by atoms with Gasteiger partial charge in [-0.15, -0.1) is 0 Å². The van der Waals surface area contributed by atoms with Gasteiger partial charge in [0.1, 0.15) is 17.3 Å². The van der Waals surface area contributed by atoms with E-state index in [1.165, 1.54) is 17.7 Å². The summed E-state index contributed by atoms with van der Waals surface area (Å²) in [4.78, 5) is 0. The van der Waals surface area contributed by atoms with Gasteiger partial charge >= 0.3 is 0 Å². The molecule has 0 saturated heterocycles. The molecule has 0 aliphatic heterocycles. The largest absolute Gasteiger partial charge is 0.457 e. The van der Waals surface area contributed by atoms with E-state index in [0.29, 0.717) is 5.75 Å². The van der Waals surface area contributed by atoms with Crippen LogP contribution >= 0.6 is 0 Å². The van der Waals surface area contributed by atoms with Crippen molar-refractivity contribution in [1.82, 2.24) is 0 Å². The van der Waals surface area contributed by atoms with Crippen LogP contribution in [-0.2, 0) is 6.42 Å². The maximum atomic E-state index is 12.8. The Kier molecular flexibility index (Phi) is 4.17. The van der Waals surface area contributed by atoms with E-state index in [9.17, 15) is 4.39 Å². The van der Waals surface area contributed by atoms with Crippen molar-refractivity contribution in [2.24, 2.45) is 5.73 Å². The molecule has 0 amide bonds. The number of ether oxygens (including phenoxy) is 1. The van der Waals surface area contributed by atoms with Crippen LogP contribution in [0, 0.1) is 12.7 Å². The van der Waals surface area contributed by atoms with E-state index in [4.69, 9.17) is 10.5 Å². The van der Waals surface area contributed by atoms with Gasteiger partial charge in [-0.1, -0.05) is 6.07 Å². The lowest BCUT2D eigenvalue weighted by Gasteiger charge is -2.11. The Labute approximate surface area is 113 Å². The van der Waals surface area contributed by atoms with E-state index < -0.39 is 0 Å². The number of rotatable bonds is 4. The normalized spacial score (nSPS) is 12.2. The molecule has 0 spiro atoms. The van der Waals surface area contributed by atoms with Gasteiger partial charge in [0.2, 0.25) is 0 Å². The minimum Gasteiger partial charge on any atom is -0.457 e. The number of halogens is 1. The van der Waals surface area contributed by atoms with Gasteiger partial charge in [-0.2, -0.15) is 0 Å². The predicted molar refractivity (Wildman–Crippen MR) is 75.0 cm³/mol. The summed E-state index contributed by atoms with van der Waals surface area (Å²) in [6.07, 6.45) is 0.850. The average Bonchev–Trinajstić information content (AvgIpc) is 2.35. The molecule has 0 aromatic heterocycles. The third-order valence-corrected chi connectivity index (χ3v) is 2.91. The van der Waals surface area contributed by atoms with Crippen LogP contribution in [0.25, 0.3) is 0 Å². The fourth-order valence-corrected chi connectivity index (χ4v) is 1.95. The minimum atomic E-state index is -0.268. The molecule has 2 nitrogen and oxygen atoms in total. The number of benzene rings is 2. The Morgan fingerprint density at radius 2 is 1.74 bits per heavy atom. The zero-order valence-electron chi connectivity index (χ0n) is 11.2. The van der Waals surface area contributed by atoms with Crippen LogP contribution in [0.15, 0.2) is 42.5 Å². The molecule has 0 radical (unpaired) electrons. The van der Waals surface area contributed by atoms with Crippen LogP contribution in [0.5, 0.6) is 11.5 Å². The van der Waals surface area contributed by atoms with E-state index in [2.05, 4.69) is 0 Å².